The monoisotopic (exact) mass is 240 g/mol. The second-order valence-electron chi connectivity index (χ2n) is 3.79. The normalized spacial score (nSPS) is 20.4. The SMILES string of the molecule is C[C@H]1C=CN(c2ccccc2)N=C1C(F)(F)F. The van der Waals surface area contributed by atoms with E-state index in [0.717, 1.165) is 0 Å². The smallest absolute Gasteiger partial charge is 0.241 e. The largest absolute Gasteiger partial charge is 0.431 e. The van der Waals surface area contributed by atoms with E-state index in [1.165, 1.54) is 18.0 Å². The van der Waals surface area contributed by atoms with Gasteiger partial charge >= 0.3 is 6.18 Å². The predicted molar refractivity (Wildman–Crippen MR) is 60.7 cm³/mol. The van der Waals surface area contributed by atoms with Crippen molar-refractivity contribution in [2.45, 2.75) is 13.1 Å². The first-order chi connectivity index (χ1) is 7.98. The van der Waals surface area contributed by atoms with Crippen molar-refractivity contribution in [2.24, 2.45) is 11.0 Å². The Labute approximate surface area is 97.0 Å². The lowest BCUT2D eigenvalue weighted by Gasteiger charge is -2.24. The van der Waals surface area contributed by atoms with Crippen molar-refractivity contribution >= 4 is 11.4 Å². The van der Waals surface area contributed by atoms with Gasteiger partial charge < -0.3 is 0 Å². The summed E-state index contributed by atoms with van der Waals surface area (Å²) in [6.07, 6.45) is -1.35. The number of nitrogens with zero attached hydrogens (tertiary/aromatic N) is 2. The van der Waals surface area contributed by atoms with Crippen molar-refractivity contribution in [1.82, 2.24) is 0 Å². The maximum atomic E-state index is 12.7. The minimum absolute atomic E-state index is 0.609. The first-order valence-corrected chi connectivity index (χ1v) is 5.17. The molecule has 0 amide bonds. The highest BCUT2D eigenvalue weighted by atomic mass is 19.4. The van der Waals surface area contributed by atoms with Gasteiger partial charge in [0, 0.05) is 12.1 Å². The molecule has 0 aliphatic carbocycles. The molecule has 1 aliphatic heterocycles. The summed E-state index contributed by atoms with van der Waals surface area (Å²) in [4.78, 5) is 0. The second kappa shape index (κ2) is 4.24. The first-order valence-electron chi connectivity index (χ1n) is 5.17. The Balaban J connectivity index is 2.33. The van der Waals surface area contributed by atoms with Crippen LogP contribution in [0.15, 0.2) is 47.7 Å². The summed E-state index contributed by atoms with van der Waals surface area (Å²) in [7, 11) is 0. The molecule has 2 nitrogen and oxygen atoms in total. The molecule has 1 heterocycles. The quantitative estimate of drug-likeness (QED) is 0.732. The number of rotatable bonds is 1. The summed E-state index contributed by atoms with van der Waals surface area (Å²) in [5.41, 5.74) is -0.166. The Morgan fingerprint density at radius 3 is 2.41 bits per heavy atom. The predicted octanol–water partition coefficient (Wildman–Crippen LogP) is 3.57. The Hall–Kier alpha value is -1.78. The maximum absolute atomic E-state index is 12.7. The van der Waals surface area contributed by atoms with Gasteiger partial charge in [0.15, 0.2) is 0 Å². The third kappa shape index (κ3) is 2.49. The highest BCUT2D eigenvalue weighted by Gasteiger charge is 2.40. The van der Waals surface area contributed by atoms with E-state index in [1.54, 1.807) is 36.5 Å². The summed E-state index contributed by atoms with van der Waals surface area (Å²) in [5, 5.41) is 4.88. The van der Waals surface area contributed by atoms with Gasteiger partial charge in [0.25, 0.3) is 0 Å². The van der Waals surface area contributed by atoms with E-state index in [0.29, 0.717) is 5.69 Å². The molecule has 0 radical (unpaired) electrons. The van der Waals surface area contributed by atoms with Crippen LogP contribution in [0.3, 0.4) is 0 Å². The van der Waals surface area contributed by atoms with Crippen molar-refractivity contribution in [2.75, 3.05) is 5.01 Å². The Morgan fingerprint density at radius 1 is 1.18 bits per heavy atom. The third-order valence-corrected chi connectivity index (χ3v) is 2.47. The van der Waals surface area contributed by atoms with Crippen molar-refractivity contribution in [3.8, 4) is 0 Å². The Bertz CT molecular complexity index is 449. The number of hydrazone groups is 1. The maximum Gasteiger partial charge on any atom is 0.431 e. The zero-order chi connectivity index (χ0) is 12.5. The number of anilines is 1. The van der Waals surface area contributed by atoms with Crippen LogP contribution < -0.4 is 5.01 Å². The van der Waals surface area contributed by atoms with Crippen LogP contribution in [-0.4, -0.2) is 11.9 Å². The highest BCUT2D eigenvalue weighted by molar-refractivity contribution is 5.94. The number of allylic oxidation sites excluding steroid dienone is 1. The summed E-state index contributed by atoms with van der Waals surface area (Å²) in [6, 6.07) is 8.72. The van der Waals surface area contributed by atoms with Gasteiger partial charge in [-0.1, -0.05) is 31.2 Å². The number of alkyl halides is 3. The zero-order valence-electron chi connectivity index (χ0n) is 9.15. The molecular formula is C12H11F3N2. The molecule has 90 valence electrons. The average molecular weight is 240 g/mol. The fourth-order valence-corrected chi connectivity index (χ4v) is 1.58. The van der Waals surface area contributed by atoms with Gasteiger partial charge in [-0.3, -0.25) is 0 Å². The molecule has 2 rings (SSSR count). The van der Waals surface area contributed by atoms with Gasteiger partial charge in [-0.2, -0.15) is 18.3 Å². The van der Waals surface area contributed by atoms with Crippen molar-refractivity contribution in [1.29, 1.82) is 0 Å². The number of halogens is 3. The molecule has 0 saturated carbocycles. The Morgan fingerprint density at radius 2 is 1.82 bits per heavy atom. The van der Waals surface area contributed by atoms with Crippen LogP contribution in [0.25, 0.3) is 0 Å². The molecule has 0 saturated heterocycles. The molecular weight excluding hydrogens is 229 g/mol. The van der Waals surface area contributed by atoms with E-state index in [2.05, 4.69) is 5.10 Å². The number of benzene rings is 1. The summed E-state index contributed by atoms with van der Waals surface area (Å²) < 4.78 is 38.1. The molecule has 1 aliphatic rings. The molecule has 1 aromatic carbocycles. The fraction of sp³-hybridized carbons (Fsp3) is 0.250. The van der Waals surface area contributed by atoms with E-state index >= 15 is 0 Å². The lowest BCUT2D eigenvalue weighted by molar-refractivity contribution is -0.0621. The van der Waals surface area contributed by atoms with Gasteiger partial charge in [0.05, 0.1) is 5.69 Å². The van der Waals surface area contributed by atoms with Crippen LogP contribution in [-0.2, 0) is 0 Å². The summed E-state index contributed by atoms with van der Waals surface area (Å²) in [5.74, 6) is -0.713. The van der Waals surface area contributed by atoms with Crippen LogP contribution in [0.5, 0.6) is 0 Å². The second-order valence-corrected chi connectivity index (χ2v) is 3.79. The number of hydrogen-bond donors (Lipinski definition) is 0. The minimum Gasteiger partial charge on any atom is -0.241 e. The topological polar surface area (TPSA) is 15.6 Å². The van der Waals surface area contributed by atoms with Gasteiger partial charge in [-0.15, -0.1) is 0 Å². The molecule has 0 fully saturated rings. The summed E-state index contributed by atoms with van der Waals surface area (Å²) >= 11 is 0. The first kappa shape index (κ1) is 11.7. The molecule has 0 unspecified atom stereocenters. The highest BCUT2D eigenvalue weighted by Crippen LogP contribution is 2.28. The molecule has 0 bridgehead atoms. The Kier molecular flexibility index (Phi) is 2.92. The van der Waals surface area contributed by atoms with E-state index in [4.69, 9.17) is 0 Å². The fourth-order valence-electron chi connectivity index (χ4n) is 1.58. The zero-order valence-corrected chi connectivity index (χ0v) is 9.15. The minimum atomic E-state index is -4.39. The van der Waals surface area contributed by atoms with Crippen LogP contribution in [0.4, 0.5) is 18.9 Å². The van der Waals surface area contributed by atoms with E-state index in [9.17, 15) is 13.2 Å². The number of para-hydroxylation sites is 1. The molecule has 0 N–H and O–H groups in total. The molecule has 1 aromatic rings. The molecule has 5 heteroatoms. The van der Waals surface area contributed by atoms with E-state index in [1.807, 2.05) is 0 Å². The van der Waals surface area contributed by atoms with Crippen LogP contribution >= 0.6 is 0 Å². The number of hydrogen-bond acceptors (Lipinski definition) is 2. The van der Waals surface area contributed by atoms with Crippen LogP contribution in [0, 0.1) is 5.92 Å². The van der Waals surface area contributed by atoms with Crippen LogP contribution in [0.1, 0.15) is 6.92 Å². The molecule has 1 atom stereocenters. The van der Waals surface area contributed by atoms with Crippen molar-refractivity contribution in [3.05, 3.63) is 42.6 Å². The lowest BCUT2D eigenvalue weighted by Crippen LogP contribution is -2.33. The van der Waals surface area contributed by atoms with Gasteiger partial charge in [-0.05, 0) is 12.1 Å². The summed E-state index contributed by atoms with van der Waals surface area (Å²) in [6.45, 7) is 1.48. The van der Waals surface area contributed by atoms with Crippen molar-refractivity contribution in [3.63, 3.8) is 0 Å². The van der Waals surface area contributed by atoms with Gasteiger partial charge in [0.1, 0.15) is 5.71 Å². The van der Waals surface area contributed by atoms with Gasteiger partial charge in [0.2, 0.25) is 0 Å². The average Bonchev–Trinajstić information content (AvgIpc) is 2.29. The van der Waals surface area contributed by atoms with Crippen LogP contribution in [0.2, 0.25) is 0 Å². The standard InChI is InChI=1S/C12H11F3N2/c1-9-7-8-17(10-5-3-2-4-6-10)16-11(9)12(13,14)15/h2-9H,1H3/t9-/m0/s1. The third-order valence-electron chi connectivity index (χ3n) is 2.47. The molecule has 17 heavy (non-hydrogen) atoms. The molecule has 0 aromatic heterocycles. The van der Waals surface area contributed by atoms with E-state index < -0.39 is 17.8 Å². The van der Waals surface area contributed by atoms with Crippen molar-refractivity contribution < 1.29 is 13.2 Å². The lowest BCUT2D eigenvalue weighted by atomic mass is 10.0. The van der Waals surface area contributed by atoms with E-state index in [-0.39, 0.29) is 0 Å². The molecule has 0 spiro atoms. The van der Waals surface area contributed by atoms with Gasteiger partial charge in [-0.25, -0.2) is 5.01 Å².